The highest BCUT2D eigenvalue weighted by molar-refractivity contribution is 5.27. The van der Waals surface area contributed by atoms with Crippen LogP contribution in [0.2, 0.25) is 0 Å². The number of aliphatic hydroxyl groups is 1. The van der Waals surface area contributed by atoms with E-state index in [1.165, 1.54) is 44.9 Å². The fourth-order valence-electron chi connectivity index (χ4n) is 6.91. The molecule has 0 spiro atoms. The van der Waals surface area contributed by atoms with Gasteiger partial charge < -0.3 is 10.8 Å². The van der Waals surface area contributed by atoms with Crippen molar-refractivity contribution in [3.63, 3.8) is 0 Å². The average Bonchev–Trinajstić information content (AvgIpc) is 2.76. The molecule has 22 heavy (non-hydrogen) atoms. The summed E-state index contributed by atoms with van der Waals surface area (Å²) in [5.41, 5.74) is 8.25. The maximum atomic E-state index is 10.5. The van der Waals surface area contributed by atoms with Gasteiger partial charge in [0.1, 0.15) is 0 Å². The highest BCUT2D eigenvalue weighted by Crippen LogP contribution is 2.65. The van der Waals surface area contributed by atoms with Crippen LogP contribution in [0.5, 0.6) is 0 Å². The van der Waals surface area contributed by atoms with Crippen molar-refractivity contribution in [2.24, 2.45) is 34.3 Å². The molecule has 4 rings (SSSR count). The Morgan fingerprint density at radius 3 is 2.55 bits per heavy atom. The first-order valence-electron chi connectivity index (χ1n) is 9.46. The summed E-state index contributed by atoms with van der Waals surface area (Å²) >= 11 is 0. The Labute approximate surface area is 135 Å². The molecule has 3 fully saturated rings. The zero-order chi connectivity index (χ0) is 15.8. The quantitative estimate of drug-likeness (QED) is 0.664. The minimum atomic E-state index is -0.569. The number of allylic oxidation sites excluding steroid dienone is 1. The van der Waals surface area contributed by atoms with Crippen molar-refractivity contribution in [1.29, 1.82) is 0 Å². The summed E-state index contributed by atoms with van der Waals surface area (Å²) in [6.45, 7) is 6.97. The maximum absolute atomic E-state index is 10.5. The van der Waals surface area contributed by atoms with Gasteiger partial charge in [0.05, 0.1) is 5.60 Å². The second-order valence-corrected chi connectivity index (χ2v) is 9.59. The number of rotatable bonds is 0. The van der Waals surface area contributed by atoms with Gasteiger partial charge in [-0.25, -0.2) is 0 Å². The van der Waals surface area contributed by atoms with Crippen LogP contribution in [-0.2, 0) is 0 Å². The summed E-state index contributed by atoms with van der Waals surface area (Å²) in [6.07, 6.45) is 12.1. The van der Waals surface area contributed by atoms with E-state index in [1.54, 1.807) is 5.57 Å². The molecule has 3 N–H and O–H groups in total. The Morgan fingerprint density at radius 1 is 1.00 bits per heavy atom. The standard InChI is InChI=1S/C20H33NO/c1-18(22)10-11-19(2)13(12-18)4-5-14-15-6-7-17(21)20(15,3)9-8-16(14)19/h12,14-17,22H,4-11,21H2,1-3H3/t14-,15-,16-,17-,18+,19-,20-/m0/s1. The third-order valence-corrected chi connectivity index (χ3v) is 8.45. The molecule has 0 unspecified atom stereocenters. The van der Waals surface area contributed by atoms with E-state index in [0.29, 0.717) is 16.9 Å². The zero-order valence-corrected chi connectivity index (χ0v) is 14.6. The number of hydrogen-bond donors (Lipinski definition) is 2. The molecule has 3 saturated carbocycles. The number of hydrogen-bond acceptors (Lipinski definition) is 2. The molecule has 0 heterocycles. The summed E-state index contributed by atoms with van der Waals surface area (Å²) < 4.78 is 0. The van der Waals surface area contributed by atoms with Gasteiger partial charge in [0.15, 0.2) is 0 Å². The molecule has 7 atom stereocenters. The molecule has 0 aromatic carbocycles. The third-order valence-electron chi connectivity index (χ3n) is 8.45. The molecule has 0 aromatic heterocycles. The molecule has 124 valence electrons. The summed E-state index contributed by atoms with van der Waals surface area (Å²) in [5.74, 6) is 2.55. The van der Waals surface area contributed by atoms with Gasteiger partial charge in [0.25, 0.3) is 0 Å². The highest BCUT2D eigenvalue weighted by atomic mass is 16.3. The largest absolute Gasteiger partial charge is 0.386 e. The molecule has 0 aromatic rings. The van der Waals surface area contributed by atoms with Crippen LogP contribution in [0.3, 0.4) is 0 Å². The third kappa shape index (κ3) is 1.92. The molecule has 0 radical (unpaired) electrons. The fraction of sp³-hybridized carbons (Fsp3) is 0.900. The molecule has 0 aliphatic heterocycles. The van der Waals surface area contributed by atoms with Crippen LogP contribution < -0.4 is 5.73 Å². The molecule has 4 aliphatic rings. The van der Waals surface area contributed by atoms with E-state index in [1.807, 2.05) is 6.92 Å². The van der Waals surface area contributed by atoms with Crippen LogP contribution >= 0.6 is 0 Å². The monoisotopic (exact) mass is 303 g/mol. The van der Waals surface area contributed by atoms with Crippen molar-refractivity contribution >= 4 is 0 Å². The van der Waals surface area contributed by atoms with Crippen LogP contribution in [-0.4, -0.2) is 16.7 Å². The Kier molecular flexibility index (Phi) is 3.18. The molecule has 4 aliphatic carbocycles. The summed E-state index contributed by atoms with van der Waals surface area (Å²) in [5, 5.41) is 10.5. The van der Waals surface area contributed by atoms with Gasteiger partial charge in [-0.1, -0.05) is 25.5 Å². The minimum Gasteiger partial charge on any atom is -0.386 e. The average molecular weight is 303 g/mol. The van der Waals surface area contributed by atoms with E-state index in [0.717, 1.165) is 24.2 Å². The molecule has 0 bridgehead atoms. The van der Waals surface area contributed by atoms with Crippen LogP contribution in [0, 0.1) is 28.6 Å². The van der Waals surface area contributed by atoms with Gasteiger partial charge >= 0.3 is 0 Å². The Morgan fingerprint density at radius 2 is 1.77 bits per heavy atom. The SMILES string of the molecule is C[C@]12CC[C@H]3[C@@H](CCC4=C[C@](C)(O)CC[C@@]43C)[C@@H]1CC[C@@H]2N. The first kappa shape index (κ1) is 15.2. The van der Waals surface area contributed by atoms with Crippen molar-refractivity contribution in [2.45, 2.75) is 83.8 Å². The summed E-state index contributed by atoms with van der Waals surface area (Å²) in [4.78, 5) is 0. The van der Waals surface area contributed by atoms with Crippen LogP contribution in [0.1, 0.15) is 72.1 Å². The second kappa shape index (κ2) is 4.60. The van der Waals surface area contributed by atoms with Gasteiger partial charge in [-0.15, -0.1) is 0 Å². The normalized spacial score (nSPS) is 57.6. The molecular formula is C20H33NO. The van der Waals surface area contributed by atoms with E-state index in [4.69, 9.17) is 5.73 Å². The first-order chi connectivity index (χ1) is 10.3. The molecule has 0 amide bonds. The van der Waals surface area contributed by atoms with Gasteiger partial charge in [0.2, 0.25) is 0 Å². The molecule has 2 heteroatoms. The lowest BCUT2D eigenvalue weighted by atomic mass is 9.47. The molecule has 2 nitrogen and oxygen atoms in total. The minimum absolute atomic E-state index is 0.346. The van der Waals surface area contributed by atoms with Gasteiger partial charge in [-0.05, 0) is 86.9 Å². The van der Waals surface area contributed by atoms with Crippen molar-refractivity contribution < 1.29 is 5.11 Å². The first-order valence-corrected chi connectivity index (χ1v) is 9.46. The van der Waals surface area contributed by atoms with E-state index < -0.39 is 5.60 Å². The Bertz CT molecular complexity index is 510. The lowest BCUT2D eigenvalue weighted by Gasteiger charge is -2.59. The highest BCUT2D eigenvalue weighted by Gasteiger charge is 2.58. The van der Waals surface area contributed by atoms with Crippen molar-refractivity contribution in [3.05, 3.63) is 11.6 Å². The number of nitrogens with two attached hydrogens (primary N) is 1. The Hall–Kier alpha value is -0.340. The zero-order valence-electron chi connectivity index (χ0n) is 14.6. The fourth-order valence-corrected chi connectivity index (χ4v) is 6.91. The van der Waals surface area contributed by atoms with Crippen molar-refractivity contribution in [1.82, 2.24) is 0 Å². The second-order valence-electron chi connectivity index (χ2n) is 9.59. The predicted octanol–water partition coefficient (Wildman–Crippen LogP) is 4.03. The van der Waals surface area contributed by atoms with Gasteiger partial charge in [-0.2, -0.15) is 0 Å². The van der Waals surface area contributed by atoms with E-state index in [9.17, 15) is 5.11 Å². The van der Waals surface area contributed by atoms with Crippen molar-refractivity contribution in [3.8, 4) is 0 Å². The summed E-state index contributed by atoms with van der Waals surface area (Å²) in [7, 11) is 0. The van der Waals surface area contributed by atoms with Crippen LogP contribution in [0.25, 0.3) is 0 Å². The van der Waals surface area contributed by atoms with E-state index >= 15 is 0 Å². The predicted molar refractivity (Wildman–Crippen MR) is 90.3 cm³/mol. The smallest absolute Gasteiger partial charge is 0.0802 e. The van der Waals surface area contributed by atoms with E-state index in [2.05, 4.69) is 19.9 Å². The Balaban J connectivity index is 1.68. The lowest BCUT2D eigenvalue weighted by Crippen LogP contribution is -2.53. The lowest BCUT2D eigenvalue weighted by molar-refractivity contribution is -0.0525. The topological polar surface area (TPSA) is 46.2 Å². The van der Waals surface area contributed by atoms with Crippen molar-refractivity contribution in [2.75, 3.05) is 0 Å². The van der Waals surface area contributed by atoms with Gasteiger partial charge in [0, 0.05) is 6.04 Å². The molecule has 0 saturated heterocycles. The van der Waals surface area contributed by atoms with Gasteiger partial charge in [-0.3, -0.25) is 0 Å². The van der Waals surface area contributed by atoms with Crippen LogP contribution in [0.15, 0.2) is 11.6 Å². The number of fused-ring (bicyclic) bond motifs is 5. The van der Waals surface area contributed by atoms with E-state index in [-0.39, 0.29) is 0 Å². The van der Waals surface area contributed by atoms with Crippen LogP contribution in [0.4, 0.5) is 0 Å². The maximum Gasteiger partial charge on any atom is 0.0802 e. The summed E-state index contributed by atoms with van der Waals surface area (Å²) in [6, 6.07) is 0.426. The molecular weight excluding hydrogens is 270 g/mol.